The normalized spacial score (nSPS) is 11.7. The summed E-state index contributed by atoms with van der Waals surface area (Å²) < 4.78 is 10.9. The predicted molar refractivity (Wildman–Crippen MR) is 113 cm³/mol. The number of carbonyl (C=O) groups is 2. The summed E-state index contributed by atoms with van der Waals surface area (Å²) in [5, 5.41) is 7.53. The van der Waals surface area contributed by atoms with Crippen LogP contribution in [-0.2, 0) is 9.53 Å². The molecule has 3 aromatic rings. The van der Waals surface area contributed by atoms with E-state index >= 15 is 0 Å². The monoisotopic (exact) mass is 392 g/mol. The van der Waals surface area contributed by atoms with Gasteiger partial charge in [0.25, 0.3) is 11.8 Å². The van der Waals surface area contributed by atoms with Crippen molar-refractivity contribution in [1.29, 1.82) is 0 Å². The van der Waals surface area contributed by atoms with E-state index in [4.69, 9.17) is 9.47 Å². The lowest BCUT2D eigenvalue weighted by atomic mass is 10.1. The van der Waals surface area contributed by atoms with Gasteiger partial charge in [-0.05, 0) is 30.5 Å². The zero-order valence-corrected chi connectivity index (χ0v) is 16.5. The van der Waals surface area contributed by atoms with Gasteiger partial charge >= 0.3 is 0 Å². The van der Waals surface area contributed by atoms with Gasteiger partial charge in [0.15, 0.2) is 6.10 Å². The summed E-state index contributed by atoms with van der Waals surface area (Å²) in [4.78, 5) is 25.1. The van der Waals surface area contributed by atoms with Crippen LogP contribution in [0, 0.1) is 0 Å². The SMILES string of the molecule is COCCNC(=O)c1ccccc1NC(=O)C(C)Oc1cccc2ccccc12. The fourth-order valence-electron chi connectivity index (χ4n) is 2.93. The van der Waals surface area contributed by atoms with Crippen LogP contribution in [0.15, 0.2) is 66.7 Å². The maximum atomic E-state index is 12.7. The molecule has 0 aromatic heterocycles. The Kier molecular flexibility index (Phi) is 6.81. The van der Waals surface area contributed by atoms with Crippen LogP contribution in [0.2, 0.25) is 0 Å². The molecule has 6 heteroatoms. The first-order chi connectivity index (χ1) is 14.1. The van der Waals surface area contributed by atoms with Gasteiger partial charge in [-0.1, -0.05) is 48.5 Å². The van der Waals surface area contributed by atoms with E-state index in [2.05, 4.69) is 10.6 Å². The summed E-state index contributed by atoms with van der Waals surface area (Å²) in [6, 6.07) is 20.4. The number of fused-ring (bicyclic) bond motifs is 1. The van der Waals surface area contributed by atoms with Gasteiger partial charge < -0.3 is 20.1 Å². The summed E-state index contributed by atoms with van der Waals surface area (Å²) >= 11 is 0. The van der Waals surface area contributed by atoms with Gasteiger partial charge in [0.05, 0.1) is 17.9 Å². The molecule has 1 atom stereocenters. The molecular formula is C23H24N2O4. The van der Waals surface area contributed by atoms with Crippen LogP contribution in [0.4, 0.5) is 5.69 Å². The Morgan fingerprint density at radius 2 is 1.69 bits per heavy atom. The van der Waals surface area contributed by atoms with E-state index in [1.165, 1.54) is 0 Å². The zero-order valence-electron chi connectivity index (χ0n) is 16.5. The molecule has 0 bridgehead atoms. The van der Waals surface area contributed by atoms with E-state index in [1.807, 2.05) is 42.5 Å². The van der Waals surface area contributed by atoms with Crippen molar-refractivity contribution in [3.63, 3.8) is 0 Å². The number of amides is 2. The van der Waals surface area contributed by atoms with Gasteiger partial charge in [-0.3, -0.25) is 9.59 Å². The molecular weight excluding hydrogens is 368 g/mol. The van der Waals surface area contributed by atoms with Crippen molar-refractivity contribution in [1.82, 2.24) is 5.32 Å². The smallest absolute Gasteiger partial charge is 0.265 e. The van der Waals surface area contributed by atoms with Crippen LogP contribution in [0.1, 0.15) is 17.3 Å². The first-order valence-electron chi connectivity index (χ1n) is 9.41. The third-order valence-corrected chi connectivity index (χ3v) is 4.44. The molecule has 29 heavy (non-hydrogen) atoms. The van der Waals surface area contributed by atoms with E-state index in [1.54, 1.807) is 38.3 Å². The second kappa shape index (κ2) is 9.71. The van der Waals surface area contributed by atoms with E-state index in [9.17, 15) is 9.59 Å². The van der Waals surface area contributed by atoms with Crippen LogP contribution >= 0.6 is 0 Å². The Morgan fingerprint density at radius 3 is 2.52 bits per heavy atom. The lowest BCUT2D eigenvalue weighted by Gasteiger charge is -2.17. The minimum atomic E-state index is -0.745. The molecule has 150 valence electrons. The number of anilines is 1. The van der Waals surface area contributed by atoms with Gasteiger partial charge in [-0.2, -0.15) is 0 Å². The third-order valence-electron chi connectivity index (χ3n) is 4.44. The highest BCUT2D eigenvalue weighted by Crippen LogP contribution is 2.26. The highest BCUT2D eigenvalue weighted by atomic mass is 16.5. The largest absolute Gasteiger partial charge is 0.480 e. The molecule has 2 amide bonds. The number of hydrogen-bond acceptors (Lipinski definition) is 4. The summed E-state index contributed by atoms with van der Waals surface area (Å²) in [6.07, 6.45) is -0.745. The Hall–Kier alpha value is -3.38. The van der Waals surface area contributed by atoms with E-state index < -0.39 is 6.10 Å². The molecule has 0 aliphatic heterocycles. The van der Waals surface area contributed by atoms with Crippen molar-refractivity contribution < 1.29 is 19.1 Å². The number of nitrogens with one attached hydrogen (secondary N) is 2. The highest BCUT2D eigenvalue weighted by Gasteiger charge is 2.19. The molecule has 6 nitrogen and oxygen atoms in total. The van der Waals surface area contributed by atoms with Crippen molar-refractivity contribution in [2.45, 2.75) is 13.0 Å². The highest BCUT2D eigenvalue weighted by molar-refractivity contribution is 6.04. The summed E-state index contributed by atoms with van der Waals surface area (Å²) in [6.45, 7) is 2.48. The van der Waals surface area contributed by atoms with E-state index in [-0.39, 0.29) is 11.8 Å². The van der Waals surface area contributed by atoms with Gasteiger partial charge in [0.2, 0.25) is 0 Å². The van der Waals surface area contributed by atoms with Gasteiger partial charge in [0.1, 0.15) is 5.75 Å². The van der Waals surface area contributed by atoms with Crippen molar-refractivity contribution in [2.24, 2.45) is 0 Å². The number of carbonyl (C=O) groups excluding carboxylic acids is 2. The molecule has 0 saturated carbocycles. The molecule has 0 spiro atoms. The molecule has 3 aromatic carbocycles. The zero-order chi connectivity index (χ0) is 20.6. The lowest BCUT2D eigenvalue weighted by molar-refractivity contribution is -0.122. The van der Waals surface area contributed by atoms with Gasteiger partial charge in [-0.15, -0.1) is 0 Å². The van der Waals surface area contributed by atoms with Crippen molar-refractivity contribution >= 4 is 28.3 Å². The first-order valence-corrected chi connectivity index (χ1v) is 9.41. The van der Waals surface area contributed by atoms with Gasteiger partial charge in [-0.25, -0.2) is 0 Å². The van der Waals surface area contributed by atoms with Crippen molar-refractivity contribution in [2.75, 3.05) is 25.6 Å². The van der Waals surface area contributed by atoms with Crippen molar-refractivity contribution in [3.8, 4) is 5.75 Å². The predicted octanol–water partition coefficient (Wildman–Crippen LogP) is 3.62. The minimum Gasteiger partial charge on any atom is -0.480 e. The molecule has 0 fully saturated rings. The molecule has 1 unspecified atom stereocenters. The Bertz CT molecular complexity index is 998. The van der Waals surface area contributed by atoms with Crippen molar-refractivity contribution in [3.05, 3.63) is 72.3 Å². The molecule has 3 rings (SSSR count). The Balaban J connectivity index is 1.71. The molecule has 0 radical (unpaired) electrons. The first kappa shape index (κ1) is 20.4. The quantitative estimate of drug-likeness (QED) is 0.574. The van der Waals surface area contributed by atoms with Crippen LogP contribution in [-0.4, -0.2) is 38.2 Å². The average Bonchev–Trinajstić information content (AvgIpc) is 2.74. The number of benzene rings is 3. The maximum Gasteiger partial charge on any atom is 0.265 e. The summed E-state index contributed by atoms with van der Waals surface area (Å²) in [7, 11) is 1.57. The Labute approximate surface area is 169 Å². The topological polar surface area (TPSA) is 76.7 Å². The summed E-state index contributed by atoms with van der Waals surface area (Å²) in [5.74, 6) is 0.0204. The van der Waals surface area contributed by atoms with Crippen LogP contribution in [0.25, 0.3) is 10.8 Å². The molecule has 0 aliphatic rings. The van der Waals surface area contributed by atoms with Crippen LogP contribution < -0.4 is 15.4 Å². The average molecular weight is 392 g/mol. The van der Waals surface area contributed by atoms with E-state index in [0.717, 1.165) is 10.8 Å². The number of hydrogen-bond donors (Lipinski definition) is 2. The molecule has 0 heterocycles. The molecule has 0 saturated heterocycles. The van der Waals surface area contributed by atoms with Gasteiger partial charge in [0, 0.05) is 19.0 Å². The fraction of sp³-hybridized carbons (Fsp3) is 0.217. The molecule has 0 aliphatic carbocycles. The molecule has 2 N–H and O–H groups in total. The number of para-hydroxylation sites is 1. The number of ether oxygens (including phenoxy) is 2. The summed E-state index contributed by atoms with van der Waals surface area (Å²) in [5.41, 5.74) is 0.815. The van der Waals surface area contributed by atoms with E-state index in [0.29, 0.717) is 30.2 Å². The second-order valence-corrected chi connectivity index (χ2v) is 6.52. The maximum absolute atomic E-state index is 12.7. The Morgan fingerprint density at radius 1 is 0.966 bits per heavy atom. The fourth-order valence-corrected chi connectivity index (χ4v) is 2.93. The number of methoxy groups -OCH3 is 1. The third kappa shape index (κ3) is 5.12. The van der Waals surface area contributed by atoms with Crippen LogP contribution in [0.3, 0.4) is 0 Å². The minimum absolute atomic E-state index is 0.277. The standard InChI is InChI=1S/C23H24N2O4/c1-16(29-21-13-7-9-17-8-3-4-10-18(17)21)22(26)25-20-12-6-5-11-19(20)23(27)24-14-15-28-2/h3-13,16H,14-15H2,1-2H3,(H,24,27)(H,25,26). The lowest BCUT2D eigenvalue weighted by Crippen LogP contribution is -2.32. The van der Waals surface area contributed by atoms with Crippen LogP contribution in [0.5, 0.6) is 5.75 Å². The second-order valence-electron chi connectivity index (χ2n) is 6.52. The number of rotatable bonds is 8.